The molecule has 1 aromatic carbocycles. The first-order valence-electron chi connectivity index (χ1n) is 10.3. The van der Waals surface area contributed by atoms with Crippen molar-refractivity contribution in [2.75, 3.05) is 6.26 Å². The number of hydrogen-bond donors (Lipinski definition) is 1. The Hall–Kier alpha value is -1.62. The lowest BCUT2D eigenvalue weighted by atomic mass is 9.59. The number of aliphatic carboxylic acids is 1. The van der Waals surface area contributed by atoms with E-state index in [4.69, 9.17) is 0 Å². The maximum absolute atomic E-state index is 12.2. The summed E-state index contributed by atoms with van der Waals surface area (Å²) in [6.07, 6.45) is 6.97. The molecule has 5 atom stereocenters. The first-order valence-corrected chi connectivity index (χ1v) is 12.2. The number of carboxylic acids is 1. The van der Waals surface area contributed by atoms with Crippen molar-refractivity contribution >= 4 is 21.9 Å². The first kappa shape index (κ1) is 22.7. The molecular weight excluding hydrogens is 372 g/mol. The third kappa shape index (κ3) is 5.05. The minimum absolute atomic E-state index is 0.0307. The number of carboxylic acid groups (broad SMARTS) is 1. The Balaban J connectivity index is 2.45. The smallest absolute Gasteiger partial charge is 0.331 e. The molecule has 2 rings (SSSR count). The molecule has 156 valence electrons. The van der Waals surface area contributed by atoms with E-state index in [1.54, 1.807) is 30.3 Å². The van der Waals surface area contributed by atoms with Gasteiger partial charge >= 0.3 is 5.97 Å². The molecule has 1 saturated carbocycles. The fraction of sp³-hybridized carbons (Fsp3) is 0.609. The minimum Gasteiger partial charge on any atom is -0.478 e. The van der Waals surface area contributed by atoms with Gasteiger partial charge in [-0.25, -0.2) is 13.2 Å². The molecule has 5 heteroatoms. The van der Waals surface area contributed by atoms with Crippen LogP contribution in [0.2, 0.25) is 0 Å². The Morgan fingerprint density at radius 1 is 1.14 bits per heavy atom. The molecule has 0 heterocycles. The zero-order valence-electron chi connectivity index (χ0n) is 17.7. The fourth-order valence-electron chi connectivity index (χ4n) is 5.00. The van der Waals surface area contributed by atoms with Crippen molar-refractivity contribution < 1.29 is 18.3 Å². The van der Waals surface area contributed by atoms with Crippen molar-refractivity contribution in [1.82, 2.24) is 0 Å². The molecule has 1 aliphatic carbocycles. The van der Waals surface area contributed by atoms with E-state index < -0.39 is 15.8 Å². The Morgan fingerprint density at radius 2 is 1.75 bits per heavy atom. The summed E-state index contributed by atoms with van der Waals surface area (Å²) in [5.41, 5.74) is 1.20. The zero-order valence-corrected chi connectivity index (χ0v) is 18.5. The van der Waals surface area contributed by atoms with E-state index in [9.17, 15) is 18.3 Å². The van der Waals surface area contributed by atoms with Crippen LogP contribution in [0.5, 0.6) is 0 Å². The predicted molar refractivity (Wildman–Crippen MR) is 114 cm³/mol. The number of rotatable bonds is 7. The van der Waals surface area contributed by atoms with Crippen LogP contribution in [0.1, 0.15) is 58.9 Å². The second-order valence-electron chi connectivity index (χ2n) is 8.45. The second kappa shape index (κ2) is 9.25. The molecular formula is C23H34O4S. The summed E-state index contributed by atoms with van der Waals surface area (Å²) in [5.74, 6) is 1.15. The van der Waals surface area contributed by atoms with Crippen molar-refractivity contribution in [1.29, 1.82) is 0 Å². The molecule has 1 aliphatic rings. The van der Waals surface area contributed by atoms with Crippen molar-refractivity contribution in [3.63, 3.8) is 0 Å². The summed E-state index contributed by atoms with van der Waals surface area (Å²) in [6.45, 7) is 8.93. The molecule has 0 radical (unpaired) electrons. The van der Waals surface area contributed by atoms with Gasteiger partial charge in [0.1, 0.15) is 0 Å². The quantitative estimate of drug-likeness (QED) is 0.624. The highest BCUT2D eigenvalue weighted by atomic mass is 32.2. The average molecular weight is 407 g/mol. The van der Waals surface area contributed by atoms with E-state index in [1.807, 2.05) is 0 Å². The van der Waals surface area contributed by atoms with Gasteiger partial charge in [-0.05, 0) is 66.2 Å². The standard InChI is InChI=1S/C23H34O4S/c1-6-8-20-19(7-2)16(4)15(3)13-21(20)22(23(24)25)14-17-9-11-18(12-10-17)28(5,26)27/h9-12,14-16,19-21H,6-8,13H2,1-5H3,(H,24,25)/b22-14+. The van der Waals surface area contributed by atoms with Crippen molar-refractivity contribution in [2.45, 2.75) is 58.3 Å². The number of carbonyl (C=O) groups is 1. The number of hydrogen-bond acceptors (Lipinski definition) is 3. The van der Waals surface area contributed by atoms with Gasteiger partial charge in [-0.15, -0.1) is 0 Å². The van der Waals surface area contributed by atoms with Gasteiger partial charge < -0.3 is 5.11 Å². The van der Waals surface area contributed by atoms with E-state index in [0.29, 0.717) is 29.2 Å². The van der Waals surface area contributed by atoms with Crippen LogP contribution in [0.4, 0.5) is 0 Å². The van der Waals surface area contributed by atoms with E-state index in [1.165, 1.54) is 6.26 Å². The number of benzene rings is 1. The lowest BCUT2D eigenvalue weighted by Gasteiger charge is -2.46. The van der Waals surface area contributed by atoms with Gasteiger partial charge in [-0.3, -0.25) is 0 Å². The van der Waals surface area contributed by atoms with Gasteiger partial charge in [0.25, 0.3) is 0 Å². The van der Waals surface area contributed by atoms with Gasteiger partial charge in [-0.1, -0.05) is 52.7 Å². The van der Waals surface area contributed by atoms with Gasteiger partial charge in [0, 0.05) is 11.8 Å². The first-order chi connectivity index (χ1) is 13.1. The summed E-state index contributed by atoms with van der Waals surface area (Å²) in [6, 6.07) is 6.48. The molecule has 0 amide bonds. The Labute approximate surface area is 170 Å². The molecule has 0 saturated heterocycles. The summed E-state index contributed by atoms with van der Waals surface area (Å²) in [4.78, 5) is 12.4. The average Bonchev–Trinajstić information content (AvgIpc) is 2.62. The third-order valence-corrected chi connectivity index (χ3v) is 7.76. The van der Waals surface area contributed by atoms with E-state index in [0.717, 1.165) is 31.2 Å². The highest BCUT2D eigenvalue weighted by Crippen LogP contribution is 2.48. The second-order valence-corrected chi connectivity index (χ2v) is 10.5. The van der Waals surface area contributed by atoms with E-state index >= 15 is 0 Å². The fourth-order valence-corrected chi connectivity index (χ4v) is 5.63. The van der Waals surface area contributed by atoms with Gasteiger partial charge in [0.2, 0.25) is 0 Å². The summed E-state index contributed by atoms with van der Waals surface area (Å²) in [5, 5.41) is 10.0. The molecule has 0 aliphatic heterocycles. The highest BCUT2D eigenvalue weighted by molar-refractivity contribution is 7.90. The van der Waals surface area contributed by atoms with E-state index in [-0.39, 0.29) is 10.8 Å². The van der Waals surface area contributed by atoms with Crippen LogP contribution in [0.25, 0.3) is 6.08 Å². The molecule has 0 spiro atoms. The summed E-state index contributed by atoms with van der Waals surface area (Å²) in [7, 11) is -3.26. The van der Waals surface area contributed by atoms with Crippen LogP contribution in [0, 0.1) is 29.6 Å². The SMILES string of the molecule is CCCC1C(/C(=C\c2ccc(S(C)(=O)=O)cc2)C(=O)O)CC(C)C(C)C1CC. The monoisotopic (exact) mass is 406 g/mol. The highest BCUT2D eigenvalue weighted by Gasteiger charge is 2.42. The minimum atomic E-state index is -3.26. The zero-order chi connectivity index (χ0) is 21.1. The predicted octanol–water partition coefficient (Wildman–Crippen LogP) is 5.29. The molecule has 1 fully saturated rings. The normalized spacial score (nSPS) is 28.9. The third-order valence-electron chi connectivity index (χ3n) is 6.64. The summed E-state index contributed by atoms with van der Waals surface area (Å²) < 4.78 is 23.3. The van der Waals surface area contributed by atoms with Crippen LogP contribution in [-0.4, -0.2) is 25.7 Å². The molecule has 5 unspecified atom stereocenters. The molecule has 0 bridgehead atoms. The van der Waals surface area contributed by atoms with Gasteiger partial charge in [0.05, 0.1) is 4.90 Å². The van der Waals surface area contributed by atoms with Crippen LogP contribution in [0.15, 0.2) is 34.7 Å². The Morgan fingerprint density at radius 3 is 2.21 bits per heavy atom. The molecule has 1 aromatic rings. The van der Waals surface area contributed by atoms with Crippen molar-refractivity contribution in [2.24, 2.45) is 29.6 Å². The molecule has 0 aromatic heterocycles. The lowest BCUT2D eigenvalue weighted by Crippen LogP contribution is -2.39. The molecule has 1 N–H and O–H groups in total. The van der Waals surface area contributed by atoms with Crippen LogP contribution >= 0.6 is 0 Å². The van der Waals surface area contributed by atoms with Crippen LogP contribution in [-0.2, 0) is 14.6 Å². The van der Waals surface area contributed by atoms with Crippen LogP contribution < -0.4 is 0 Å². The van der Waals surface area contributed by atoms with Crippen LogP contribution in [0.3, 0.4) is 0 Å². The maximum atomic E-state index is 12.2. The largest absolute Gasteiger partial charge is 0.478 e. The molecule has 28 heavy (non-hydrogen) atoms. The Kier molecular flexibility index (Phi) is 7.49. The molecule has 4 nitrogen and oxygen atoms in total. The van der Waals surface area contributed by atoms with Gasteiger partial charge in [-0.2, -0.15) is 0 Å². The van der Waals surface area contributed by atoms with Crippen molar-refractivity contribution in [3.05, 3.63) is 35.4 Å². The van der Waals surface area contributed by atoms with Crippen molar-refractivity contribution in [3.8, 4) is 0 Å². The number of sulfone groups is 1. The van der Waals surface area contributed by atoms with E-state index in [2.05, 4.69) is 27.7 Å². The lowest BCUT2D eigenvalue weighted by molar-refractivity contribution is -0.134. The Bertz CT molecular complexity index is 808. The summed E-state index contributed by atoms with van der Waals surface area (Å²) >= 11 is 0. The maximum Gasteiger partial charge on any atom is 0.331 e. The van der Waals surface area contributed by atoms with Gasteiger partial charge in [0.15, 0.2) is 9.84 Å². The topological polar surface area (TPSA) is 71.4 Å².